The number of aromatic nitrogens is 3. The first-order chi connectivity index (χ1) is 10.2. The van der Waals surface area contributed by atoms with E-state index < -0.39 is 0 Å². The summed E-state index contributed by atoms with van der Waals surface area (Å²) < 4.78 is 4.98. The van der Waals surface area contributed by atoms with Crippen molar-refractivity contribution in [3.63, 3.8) is 0 Å². The summed E-state index contributed by atoms with van der Waals surface area (Å²) in [5.74, 6) is -0.00298. The van der Waals surface area contributed by atoms with Gasteiger partial charge in [0.05, 0.1) is 6.33 Å². The third-order valence-corrected chi connectivity index (χ3v) is 3.68. The number of hydrogen-bond acceptors (Lipinski definition) is 2. The third-order valence-electron chi connectivity index (χ3n) is 3.25. The molecule has 2 aromatic heterocycles. The number of carbonyl (C=O) groups excluding carboxylic acids is 1. The van der Waals surface area contributed by atoms with Gasteiger partial charge in [0, 0.05) is 42.7 Å². The van der Waals surface area contributed by atoms with E-state index in [0.29, 0.717) is 6.54 Å². The summed E-state index contributed by atoms with van der Waals surface area (Å²) in [7, 11) is 0. The minimum absolute atomic E-state index is 0.00298. The SMILES string of the molecule is CCCn1cc(Br)cc1C(=O)NCCCCn1ccnc1. The molecule has 0 aliphatic heterocycles. The summed E-state index contributed by atoms with van der Waals surface area (Å²) in [6.07, 6.45) is 10.5. The molecular weight excluding hydrogens is 332 g/mol. The number of halogens is 1. The van der Waals surface area contributed by atoms with E-state index in [4.69, 9.17) is 0 Å². The minimum atomic E-state index is -0.00298. The quantitative estimate of drug-likeness (QED) is 0.742. The fourth-order valence-electron chi connectivity index (χ4n) is 2.22. The van der Waals surface area contributed by atoms with E-state index >= 15 is 0 Å². The first-order valence-electron chi connectivity index (χ1n) is 7.30. The zero-order chi connectivity index (χ0) is 15.1. The van der Waals surface area contributed by atoms with Crippen molar-refractivity contribution in [1.29, 1.82) is 0 Å². The maximum atomic E-state index is 12.2. The second kappa shape index (κ2) is 8.02. The number of aryl methyl sites for hydroxylation is 2. The van der Waals surface area contributed by atoms with Crippen molar-refractivity contribution in [3.05, 3.63) is 41.2 Å². The number of carbonyl (C=O) groups is 1. The number of amides is 1. The third kappa shape index (κ3) is 4.74. The maximum absolute atomic E-state index is 12.2. The Labute approximate surface area is 133 Å². The van der Waals surface area contributed by atoms with Crippen LogP contribution in [0.25, 0.3) is 0 Å². The molecule has 1 N–H and O–H groups in total. The molecule has 2 aromatic rings. The van der Waals surface area contributed by atoms with Crippen molar-refractivity contribution in [2.24, 2.45) is 0 Å². The molecule has 2 heterocycles. The molecule has 2 rings (SSSR count). The molecule has 21 heavy (non-hydrogen) atoms. The van der Waals surface area contributed by atoms with Crippen LogP contribution >= 0.6 is 15.9 Å². The van der Waals surface area contributed by atoms with Crippen LogP contribution in [-0.4, -0.2) is 26.6 Å². The molecule has 0 unspecified atom stereocenters. The van der Waals surface area contributed by atoms with Crippen molar-refractivity contribution < 1.29 is 4.79 Å². The Bertz CT molecular complexity index is 562. The highest BCUT2D eigenvalue weighted by Crippen LogP contribution is 2.15. The highest BCUT2D eigenvalue weighted by atomic mass is 79.9. The molecule has 1 amide bonds. The molecule has 6 heteroatoms. The number of nitrogens with one attached hydrogen (secondary N) is 1. The van der Waals surface area contributed by atoms with Crippen LogP contribution in [0.15, 0.2) is 35.5 Å². The summed E-state index contributed by atoms with van der Waals surface area (Å²) in [6.45, 7) is 4.59. The van der Waals surface area contributed by atoms with Crippen LogP contribution in [0.3, 0.4) is 0 Å². The summed E-state index contributed by atoms with van der Waals surface area (Å²) in [5, 5.41) is 2.99. The van der Waals surface area contributed by atoms with Crippen LogP contribution in [0.5, 0.6) is 0 Å². The predicted octanol–water partition coefficient (Wildman–Crippen LogP) is 3.07. The smallest absolute Gasteiger partial charge is 0.267 e. The van der Waals surface area contributed by atoms with E-state index in [1.54, 1.807) is 6.20 Å². The Hall–Kier alpha value is -1.56. The van der Waals surface area contributed by atoms with Crippen molar-refractivity contribution >= 4 is 21.8 Å². The van der Waals surface area contributed by atoms with Gasteiger partial charge in [0.1, 0.15) is 5.69 Å². The van der Waals surface area contributed by atoms with Crippen LogP contribution in [0.4, 0.5) is 0 Å². The zero-order valence-corrected chi connectivity index (χ0v) is 13.8. The largest absolute Gasteiger partial charge is 0.351 e. The topological polar surface area (TPSA) is 51.9 Å². The van der Waals surface area contributed by atoms with E-state index in [1.165, 1.54) is 0 Å². The van der Waals surface area contributed by atoms with Crippen LogP contribution in [0.2, 0.25) is 0 Å². The van der Waals surface area contributed by atoms with Crippen molar-refractivity contribution in [2.75, 3.05) is 6.54 Å². The van der Waals surface area contributed by atoms with Gasteiger partial charge >= 0.3 is 0 Å². The average molecular weight is 353 g/mol. The number of imidazole rings is 1. The summed E-state index contributed by atoms with van der Waals surface area (Å²) in [4.78, 5) is 16.2. The van der Waals surface area contributed by atoms with Gasteiger partial charge in [-0.25, -0.2) is 4.98 Å². The number of hydrogen-bond donors (Lipinski definition) is 1. The van der Waals surface area contributed by atoms with Gasteiger partial charge in [0.2, 0.25) is 0 Å². The second-order valence-electron chi connectivity index (χ2n) is 5.00. The normalized spacial score (nSPS) is 10.8. The lowest BCUT2D eigenvalue weighted by atomic mass is 10.3. The molecule has 0 radical (unpaired) electrons. The fraction of sp³-hybridized carbons (Fsp3) is 0.467. The molecule has 114 valence electrons. The molecule has 0 fully saturated rings. The Morgan fingerprint density at radius 3 is 2.95 bits per heavy atom. The molecule has 0 bridgehead atoms. The fourth-order valence-corrected chi connectivity index (χ4v) is 2.69. The lowest BCUT2D eigenvalue weighted by Gasteiger charge is -2.08. The molecule has 0 spiro atoms. The van der Waals surface area contributed by atoms with E-state index in [1.807, 2.05) is 33.9 Å². The van der Waals surface area contributed by atoms with E-state index in [-0.39, 0.29) is 5.91 Å². The Balaban J connectivity index is 1.74. The number of unbranched alkanes of at least 4 members (excludes halogenated alkanes) is 1. The summed E-state index contributed by atoms with van der Waals surface area (Å²) in [5.41, 5.74) is 0.721. The Morgan fingerprint density at radius 1 is 1.38 bits per heavy atom. The van der Waals surface area contributed by atoms with Crippen LogP contribution in [-0.2, 0) is 13.1 Å². The molecule has 0 aliphatic carbocycles. The predicted molar refractivity (Wildman–Crippen MR) is 86.2 cm³/mol. The van der Waals surface area contributed by atoms with E-state index in [9.17, 15) is 4.79 Å². The lowest BCUT2D eigenvalue weighted by Crippen LogP contribution is -2.26. The van der Waals surface area contributed by atoms with Gasteiger partial charge in [-0.15, -0.1) is 0 Å². The van der Waals surface area contributed by atoms with Gasteiger partial charge in [0.25, 0.3) is 5.91 Å². The molecular formula is C15H21BrN4O. The van der Waals surface area contributed by atoms with Crippen molar-refractivity contribution in [2.45, 2.75) is 39.3 Å². The molecule has 0 saturated heterocycles. The zero-order valence-electron chi connectivity index (χ0n) is 12.3. The highest BCUT2D eigenvalue weighted by Gasteiger charge is 2.11. The monoisotopic (exact) mass is 352 g/mol. The second-order valence-corrected chi connectivity index (χ2v) is 5.92. The molecule has 0 aliphatic rings. The van der Waals surface area contributed by atoms with E-state index in [0.717, 1.165) is 42.5 Å². The lowest BCUT2D eigenvalue weighted by molar-refractivity contribution is 0.0943. The molecule has 0 aromatic carbocycles. The average Bonchev–Trinajstić information content (AvgIpc) is 3.08. The number of nitrogens with zero attached hydrogens (tertiary/aromatic N) is 3. The van der Waals surface area contributed by atoms with Gasteiger partial charge in [-0.1, -0.05) is 6.92 Å². The highest BCUT2D eigenvalue weighted by molar-refractivity contribution is 9.10. The molecule has 0 atom stereocenters. The van der Waals surface area contributed by atoms with Crippen molar-refractivity contribution in [1.82, 2.24) is 19.4 Å². The molecule has 0 saturated carbocycles. The van der Waals surface area contributed by atoms with Gasteiger partial charge in [-0.2, -0.15) is 0 Å². The van der Waals surface area contributed by atoms with Gasteiger partial charge < -0.3 is 14.5 Å². The van der Waals surface area contributed by atoms with Crippen LogP contribution in [0, 0.1) is 0 Å². The van der Waals surface area contributed by atoms with Crippen molar-refractivity contribution in [3.8, 4) is 0 Å². The number of rotatable bonds is 8. The van der Waals surface area contributed by atoms with Gasteiger partial charge in [-0.3, -0.25) is 4.79 Å². The standard InChI is InChI=1S/C15H21BrN4O/c1-2-7-20-11-13(16)10-14(20)15(21)18-5-3-4-8-19-9-6-17-12-19/h6,9-12H,2-5,7-8H2,1H3,(H,18,21). The Morgan fingerprint density at radius 2 is 2.24 bits per heavy atom. The Kier molecular flexibility index (Phi) is 6.04. The summed E-state index contributed by atoms with van der Waals surface area (Å²) >= 11 is 3.43. The van der Waals surface area contributed by atoms with E-state index in [2.05, 4.69) is 33.2 Å². The van der Waals surface area contributed by atoms with Gasteiger partial charge in [0.15, 0.2) is 0 Å². The van der Waals surface area contributed by atoms with Crippen LogP contribution in [0.1, 0.15) is 36.7 Å². The van der Waals surface area contributed by atoms with Crippen LogP contribution < -0.4 is 5.32 Å². The molecule has 5 nitrogen and oxygen atoms in total. The first-order valence-corrected chi connectivity index (χ1v) is 8.09. The van der Waals surface area contributed by atoms with Gasteiger partial charge in [-0.05, 0) is 41.3 Å². The minimum Gasteiger partial charge on any atom is -0.351 e. The maximum Gasteiger partial charge on any atom is 0.267 e. The summed E-state index contributed by atoms with van der Waals surface area (Å²) in [6, 6.07) is 1.87. The first kappa shape index (κ1) is 15.8.